The number of benzene rings is 2. The summed E-state index contributed by atoms with van der Waals surface area (Å²) in [6.07, 6.45) is 0.916. The molecule has 96 valence electrons. The maximum atomic E-state index is 9.29. The smallest absolute Gasteiger partial charge is 0.161 e. The summed E-state index contributed by atoms with van der Waals surface area (Å²) in [5, 5.41) is 11.5. The first-order valence-electron chi connectivity index (χ1n) is 6.01. The zero-order valence-corrected chi connectivity index (χ0v) is 11.0. The number of aryl methyl sites for hydroxylation is 1. The van der Waals surface area contributed by atoms with Gasteiger partial charge >= 0.3 is 0 Å². The first-order chi connectivity index (χ1) is 8.73. The molecule has 0 heterocycles. The number of aliphatic hydroxyl groups is 1. The molecule has 0 unspecified atom stereocenters. The van der Waals surface area contributed by atoms with Crippen LogP contribution in [0.2, 0.25) is 0 Å². The highest BCUT2D eigenvalue weighted by Gasteiger charge is 2.09. The molecular formula is C15H18O3. The quantitative estimate of drug-likeness (QED) is 0.901. The molecule has 1 N–H and O–H groups in total. The van der Waals surface area contributed by atoms with E-state index in [1.807, 2.05) is 24.3 Å². The van der Waals surface area contributed by atoms with Crippen LogP contribution < -0.4 is 9.47 Å². The van der Waals surface area contributed by atoms with E-state index >= 15 is 0 Å². The van der Waals surface area contributed by atoms with Crippen LogP contribution in [-0.4, -0.2) is 19.3 Å². The highest BCUT2D eigenvalue weighted by molar-refractivity contribution is 5.89. The fourth-order valence-electron chi connectivity index (χ4n) is 2.22. The summed E-state index contributed by atoms with van der Waals surface area (Å²) in [7, 11) is 3.26. The molecule has 0 aliphatic rings. The number of hydrogen-bond donors (Lipinski definition) is 1. The molecule has 0 radical (unpaired) electrons. The fraction of sp³-hybridized carbons (Fsp3) is 0.333. The van der Waals surface area contributed by atoms with Gasteiger partial charge in [0.2, 0.25) is 0 Å². The summed E-state index contributed by atoms with van der Waals surface area (Å²) in [5.74, 6) is 1.44. The van der Waals surface area contributed by atoms with Gasteiger partial charge in [0.15, 0.2) is 11.5 Å². The molecule has 3 heteroatoms. The molecule has 0 bridgehead atoms. The van der Waals surface area contributed by atoms with E-state index < -0.39 is 0 Å². The van der Waals surface area contributed by atoms with Crippen LogP contribution in [-0.2, 0) is 13.0 Å². The molecule has 0 saturated carbocycles. The van der Waals surface area contributed by atoms with Crippen molar-refractivity contribution < 1.29 is 14.6 Å². The Morgan fingerprint density at radius 1 is 1.00 bits per heavy atom. The van der Waals surface area contributed by atoms with Crippen LogP contribution in [0.25, 0.3) is 10.8 Å². The molecule has 2 aromatic carbocycles. The summed E-state index contributed by atoms with van der Waals surface area (Å²) < 4.78 is 10.6. The predicted molar refractivity (Wildman–Crippen MR) is 72.4 cm³/mol. The van der Waals surface area contributed by atoms with Gasteiger partial charge in [0.05, 0.1) is 20.8 Å². The van der Waals surface area contributed by atoms with Gasteiger partial charge in [0, 0.05) is 0 Å². The largest absolute Gasteiger partial charge is 0.493 e. The van der Waals surface area contributed by atoms with E-state index in [0.717, 1.165) is 28.5 Å². The van der Waals surface area contributed by atoms with Crippen LogP contribution in [0.15, 0.2) is 24.3 Å². The van der Waals surface area contributed by atoms with Gasteiger partial charge in [-0.25, -0.2) is 0 Å². The molecule has 0 aromatic heterocycles. The zero-order chi connectivity index (χ0) is 13.1. The van der Waals surface area contributed by atoms with Gasteiger partial charge in [-0.3, -0.25) is 0 Å². The van der Waals surface area contributed by atoms with E-state index in [0.29, 0.717) is 5.75 Å². The summed E-state index contributed by atoms with van der Waals surface area (Å²) >= 11 is 0. The molecule has 2 aromatic rings. The second-order valence-electron chi connectivity index (χ2n) is 4.19. The number of rotatable bonds is 4. The Kier molecular flexibility index (Phi) is 3.72. The monoisotopic (exact) mass is 246 g/mol. The number of ether oxygens (including phenoxy) is 2. The summed E-state index contributed by atoms with van der Waals surface area (Å²) in [5.41, 5.74) is 2.13. The highest BCUT2D eigenvalue weighted by atomic mass is 16.5. The lowest BCUT2D eigenvalue weighted by Gasteiger charge is -2.12. The van der Waals surface area contributed by atoms with E-state index in [-0.39, 0.29) is 6.61 Å². The van der Waals surface area contributed by atoms with Gasteiger partial charge in [-0.2, -0.15) is 0 Å². The SMILES string of the molecule is CCc1cc(CO)cc2cc(OC)c(OC)cc12. The molecule has 0 amide bonds. The Morgan fingerprint density at radius 2 is 1.67 bits per heavy atom. The van der Waals surface area contributed by atoms with E-state index in [1.54, 1.807) is 14.2 Å². The molecule has 0 aliphatic heterocycles. The lowest BCUT2D eigenvalue weighted by Crippen LogP contribution is -1.94. The predicted octanol–water partition coefficient (Wildman–Crippen LogP) is 2.91. The molecule has 3 nitrogen and oxygen atoms in total. The van der Waals surface area contributed by atoms with Crippen molar-refractivity contribution in [2.24, 2.45) is 0 Å². The second-order valence-corrected chi connectivity index (χ2v) is 4.19. The van der Waals surface area contributed by atoms with Crippen LogP contribution in [0.1, 0.15) is 18.1 Å². The fourth-order valence-corrected chi connectivity index (χ4v) is 2.22. The molecule has 0 aliphatic carbocycles. The minimum atomic E-state index is 0.0529. The summed E-state index contributed by atoms with van der Waals surface area (Å²) in [6.45, 7) is 2.16. The lowest BCUT2D eigenvalue weighted by molar-refractivity contribution is 0.282. The maximum Gasteiger partial charge on any atom is 0.161 e. The zero-order valence-electron chi connectivity index (χ0n) is 11.0. The Morgan fingerprint density at radius 3 is 2.22 bits per heavy atom. The van der Waals surface area contributed by atoms with Crippen LogP contribution in [0.3, 0.4) is 0 Å². The minimum absolute atomic E-state index is 0.0529. The standard InChI is InChI=1S/C15H18O3/c1-4-11-5-10(9-16)6-12-7-14(17-2)15(18-3)8-13(11)12/h5-8,16H,4,9H2,1-3H3. The van der Waals surface area contributed by atoms with Crippen molar-refractivity contribution in [3.05, 3.63) is 35.4 Å². The highest BCUT2D eigenvalue weighted by Crippen LogP contribution is 2.34. The third kappa shape index (κ3) is 2.14. The van der Waals surface area contributed by atoms with Crippen molar-refractivity contribution in [1.82, 2.24) is 0 Å². The average molecular weight is 246 g/mol. The second kappa shape index (κ2) is 5.27. The summed E-state index contributed by atoms with van der Waals surface area (Å²) in [6, 6.07) is 7.96. The Hall–Kier alpha value is -1.74. The Balaban J connectivity index is 2.74. The van der Waals surface area contributed by atoms with Crippen molar-refractivity contribution in [2.45, 2.75) is 20.0 Å². The van der Waals surface area contributed by atoms with Crippen LogP contribution in [0.5, 0.6) is 11.5 Å². The topological polar surface area (TPSA) is 38.7 Å². The van der Waals surface area contributed by atoms with E-state index in [4.69, 9.17) is 9.47 Å². The van der Waals surface area contributed by atoms with Gasteiger partial charge in [0.1, 0.15) is 0 Å². The third-order valence-electron chi connectivity index (χ3n) is 3.17. The van der Waals surface area contributed by atoms with Crippen molar-refractivity contribution in [3.8, 4) is 11.5 Å². The first kappa shape index (κ1) is 12.7. The van der Waals surface area contributed by atoms with E-state index in [1.165, 1.54) is 5.56 Å². The normalized spacial score (nSPS) is 10.7. The van der Waals surface area contributed by atoms with Crippen molar-refractivity contribution >= 4 is 10.8 Å². The van der Waals surface area contributed by atoms with Gasteiger partial charge in [0.25, 0.3) is 0 Å². The van der Waals surface area contributed by atoms with Crippen molar-refractivity contribution in [1.29, 1.82) is 0 Å². The average Bonchev–Trinajstić information content (AvgIpc) is 2.44. The van der Waals surface area contributed by atoms with E-state index in [9.17, 15) is 5.11 Å². The number of methoxy groups -OCH3 is 2. The lowest BCUT2D eigenvalue weighted by atomic mass is 9.99. The Labute approximate surface area is 107 Å². The van der Waals surface area contributed by atoms with Crippen molar-refractivity contribution in [2.75, 3.05) is 14.2 Å². The Bertz CT molecular complexity index is 561. The van der Waals surface area contributed by atoms with Gasteiger partial charge in [-0.1, -0.05) is 13.0 Å². The molecule has 0 spiro atoms. The van der Waals surface area contributed by atoms with Crippen LogP contribution in [0.4, 0.5) is 0 Å². The maximum absolute atomic E-state index is 9.29. The van der Waals surface area contributed by atoms with Crippen LogP contribution >= 0.6 is 0 Å². The van der Waals surface area contributed by atoms with Gasteiger partial charge in [-0.15, -0.1) is 0 Å². The van der Waals surface area contributed by atoms with Crippen molar-refractivity contribution in [3.63, 3.8) is 0 Å². The van der Waals surface area contributed by atoms with Gasteiger partial charge < -0.3 is 14.6 Å². The minimum Gasteiger partial charge on any atom is -0.493 e. The number of hydrogen-bond acceptors (Lipinski definition) is 3. The molecule has 2 rings (SSSR count). The molecule has 0 atom stereocenters. The molecule has 0 saturated heterocycles. The molecular weight excluding hydrogens is 228 g/mol. The number of aliphatic hydroxyl groups excluding tert-OH is 1. The molecule has 0 fully saturated rings. The van der Waals surface area contributed by atoms with E-state index in [2.05, 4.69) is 6.92 Å². The third-order valence-corrected chi connectivity index (χ3v) is 3.17. The summed E-state index contributed by atoms with van der Waals surface area (Å²) in [4.78, 5) is 0. The van der Waals surface area contributed by atoms with Crippen LogP contribution in [0, 0.1) is 0 Å². The van der Waals surface area contributed by atoms with Gasteiger partial charge in [-0.05, 0) is 46.5 Å². The molecule has 18 heavy (non-hydrogen) atoms. The number of fused-ring (bicyclic) bond motifs is 1. The first-order valence-corrected chi connectivity index (χ1v) is 6.01.